The van der Waals surface area contributed by atoms with E-state index in [0.717, 1.165) is 11.4 Å². The Morgan fingerprint density at radius 2 is 2.00 bits per heavy atom. The van der Waals surface area contributed by atoms with Crippen molar-refractivity contribution in [1.82, 2.24) is 4.98 Å². The van der Waals surface area contributed by atoms with Crippen LogP contribution in [0, 0.1) is 0 Å². The van der Waals surface area contributed by atoms with Crippen LogP contribution in [0.1, 0.15) is 13.3 Å². The van der Waals surface area contributed by atoms with Crippen molar-refractivity contribution in [2.24, 2.45) is 0 Å². The SMILES string of the molecule is CCC(=O)Nc1ccc(Nc2cc(OC)ccc2OC)nc1. The molecule has 0 unspecified atom stereocenters. The molecule has 0 bridgehead atoms. The number of hydrogen-bond acceptors (Lipinski definition) is 5. The van der Waals surface area contributed by atoms with Crippen LogP contribution in [0.5, 0.6) is 11.5 Å². The molecule has 6 nitrogen and oxygen atoms in total. The Hall–Kier alpha value is -2.76. The number of ether oxygens (including phenoxy) is 2. The van der Waals surface area contributed by atoms with E-state index in [4.69, 9.17) is 9.47 Å². The second kappa shape index (κ2) is 7.31. The van der Waals surface area contributed by atoms with Crippen molar-refractivity contribution >= 4 is 23.1 Å². The zero-order valence-corrected chi connectivity index (χ0v) is 12.8. The van der Waals surface area contributed by atoms with Crippen LogP contribution >= 0.6 is 0 Å². The standard InChI is InChI=1S/C16H19N3O3/c1-4-16(20)18-11-5-8-15(17-10-11)19-13-9-12(21-2)6-7-14(13)22-3/h5-10H,4H2,1-3H3,(H,17,19)(H,18,20). The average molecular weight is 301 g/mol. The van der Waals surface area contributed by atoms with E-state index in [1.54, 1.807) is 39.5 Å². The minimum Gasteiger partial charge on any atom is -0.497 e. The fourth-order valence-electron chi connectivity index (χ4n) is 1.84. The van der Waals surface area contributed by atoms with Crippen LogP contribution in [-0.4, -0.2) is 25.1 Å². The number of amides is 1. The van der Waals surface area contributed by atoms with E-state index in [2.05, 4.69) is 15.6 Å². The summed E-state index contributed by atoms with van der Waals surface area (Å²) in [5.74, 6) is 2.00. The fourth-order valence-corrected chi connectivity index (χ4v) is 1.84. The molecule has 0 saturated carbocycles. The highest BCUT2D eigenvalue weighted by molar-refractivity contribution is 5.90. The minimum absolute atomic E-state index is 0.0445. The maximum atomic E-state index is 11.3. The van der Waals surface area contributed by atoms with Gasteiger partial charge in [0.1, 0.15) is 17.3 Å². The Bertz CT molecular complexity index is 642. The van der Waals surface area contributed by atoms with Crippen molar-refractivity contribution in [2.75, 3.05) is 24.9 Å². The number of nitrogens with one attached hydrogen (secondary N) is 2. The summed E-state index contributed by atoms with van der Waals surface area (Å²) in [5, 5.41) is 5.91. The predicted octanol–water partition coefficient (Wildman–Crippen LogP) is 3.19. The van der Waals surface area contributed by atoms with E-state index in [-0.39, 0.29) is 5.91 Å². The third-order valence-corrected chi connectivity index (χ3v) is 3.04. The number of carbonyl (C=O) groups excluding carboxylic acids is 1. The smallest absolute Gasteiger partial charge is 0.224 e. The number of anilines is 3. The largest absolute Gasteiger partial charge is 0.497 e. The van der Waals surface area contributed by atoms with Crippen molar-refractivity contribution < 1.29 is 14.3 Å². The third kappa shape index (κ3) is 3.88. The molecule has 6 heteroatoms. The Morgan fingerprint density at radius 3 is 2.59 bits per heavy atom. The molecule has 1 aromatic carbocycles. The molecule has 0 radical (unpaired) electrons. The summed E-state index contributed by atoms with van der Waals surface area (Å²) < 4.78 is 10.5. The van der Waals surface area contributed by atoms with Gasteiger partial charge in [0.15, 0.2) is 0 Å². The quantitative estimate of drug-likeness (QED) is 0.857. The molecule has 22 heavy (non-hydrogen) atoms. The number of aromatic nitrogens is 1. The predicted molar refractivity (Wildman–Crippen MR) is 86.0 cm³/mol. The second-order valence-electron chi connectivity index (χ2n) is 4.53. The number of methoxy groups -OCH3 is 2. The molecule has 1 aromatic heterocycles. The number of benzene rings is 1. The van der Waals surface area contributed by atoms with Crippen LogP contribution in [0.4, 0.5) is 17.2 Å². The molecule has 2 rings (SSSR count). The molecule has 1 heterocycles. The molecular weight excluding hydrogens is 282 g/mol. The topological polar surface area (TPSA) is 72.5 Å². The molecule has 0 atom stereocenters. The monoisotopic (exact) mass is 301 g/mol. The van der Waals surface area contributed by atoms with Gasteiger partial charge in [-0.1, -0.05) is 6.92 Å². The van der Waals surface area contributed by atoms with Gasteiger partial charge in [0.05, 0.1) is 31.8 Å². The lowest BCUT2D eigenvalue weighted by Crippen LogP contribution is -2.09. The van der Waals surface area contributed by atoms with Gasteiger partial charge in [-0.3, -0.25) is 4.79 Å². The second-order valence-corrected chi connectivity index (χ2v) is 4.53. The normalized spacial score (nSPS) is 9.95. The summed E-state index contributed by atoms with van der Waals surface area (Å²) in [6.45, 7) is 1.80. The lowest BCUT2D eigenvalue weighted by Gasteiger charge is -2.12. The first-order valence-electron chi connectivity index (χ1n) is 6.91. The number of hydrogen-bond donors (Lipinski definition) is 2. The molecule has 0 spiro atoms. The molecule has 0 aliphatic rings. The van der Waals surface area contributed by atoms with Crippen LogP contribution in [0.15, 0.2) is 36.5 Å². The molecule has 1 amide bonds. The first-order valence-corrected chi connectivity index (χ1v) is 6.91. The summed E-state index contributed by atoms with van der Waals surface area (Å²) in [6.07, 6.45) is 2.03. The van der Waals surface area contributed by atoms with Crippen molar-refractivity contribution in [1.29, 1.82) is 0 Å². The third-order valence-electron chi connectivity index (χ3n) is 3.04. The summed E-state index contributed by atoms with van der Waals surface area (Å²) in [6, 6.07) is 9.03. The molecule has 2 aromatic rings. The molecule has 0 aliphatic carbocycles. The number of carbonyl (C=O) groups is 1. The first-order chi connectivity index (χ1) is 10.7. The van der Waals surface area contributed by atoms with Crippen LogP contribution in [0.25, 0.3) is 0 Å². The van der Waals surface area contributed by atoms with E-state index >= 15 is 0 Å². The Balaban J connectivity index is 2.15. The van der Waals surface area contributed by atoms with E-state index in [9.17, 15) is 4.79 Å². The van der Waals surface area contributed by atoms with Gasteiger partial charge in [-0.25, -0.2) is 4.98 Å². The molecular formula is C16H19N3O3. The number of rotatable bonds is 6. The summed E-state index contributed by atoms with van der Waals surface area (Å²) >= 11 is 0. The maximum absolute atomic E-state index is 11.3. The highest BCUT2D eigenvalue weighted by atomic mass is 16.5. The summed E-state index contributed by atoms with van der Waals surface area (Å²) in [5.41, 5.74) is 1.41. The Morgan fingerprint density at radius 1 is 1.18 bits per heavy atom. The van der Waals surface area contributed by atoms with Crippen molar-refractivity contribution in [3.8, 4) is 11.5 Å². The molecule has 116 valence electrons. The van der Waals surface area contributed by atoms with E-state index < -0.39 is 0 Å². The van der Waals surface area contributed by atoms with Crippen molar-refractivity contribution in [2.45, 2.75) is 13.3 Å². The van der Waals surface area contributed by atoms with Crippen LogP contribution < -0.4 is 20.1 Å². The van der Waals surface area contributed by atoms with Gasteiger partial charge in [0.2, 0.25) is 5.91 Å². The molecule has 0 aliphatic heterocycles. The zero-order valence-electron chi connectivity index (χ0n) is 12.8. The Kier molecular flexibility index (Phi) is 5.19. The van der Waals surface area contributed by atoms with Crippen molar-refractivity contribution in [3.63, 3.8) is 0 Å². The van der Waals surface area contributed by atoms with E-state index in [1.165, 1.54) is 0 Å². The van der Waals surface area contributed by atoms with Crippen molar-refractivity contribution in [3.05, 3.63) is 36.5 Å². The van der Waals surface area contributed by atoms with Gasteiger partial charge in [0.25, 0.3) is 0 Å². The summed E-state index contributed by atoms with van der Waals surface area (Å²) in [7, 11) is 3.21. The number of pyridine rings is 1. The van der Waals surface area contributed by atoms with Crippen LogP contribution in [-0.2, 0) is 4.79 Å². The highest BCUT2D eigenvalue weighted by Crippen LogP contribution is 2.31. The fraction of sp³-hybridized carbons (Fsp3) is 0.250. The van der Waals surface area contributed by atoms with Crippen LogP contribution in [0.3, 0.4) is 0 Å². The maximum Gasteiger partial charge on any atom is 0.224 e. The average Bonchev–Trinajstić information content (AvgIpc) is 2.56. The Labute approximate surface area is 129 Å². The first kappa shape index (κ1) is 15.6. The van der Waals surface area contributed by atoms with Gasteiger partial charge in [0, 0.05) is 12.5 Å². The minimum atomic E-state index is -0.0445. The lowest BCUT2D eigenvalue weighted by molar-refractivity contribution is -0.115. The highest BCUT2D eigenvalue weighted by Gasteiger charge is 2.06. The zero-order chi connectivity index (χ0) is 15.9. The van der Waals surface area contributed by atoms with Gasteiger partial charge < -0.3 is 20.1 Å². The van der Waals surface area contributed by atoms with E-state index in [0.29, 0.717) is 23.7 Å². The lowest BCUT2D eigenvalue weighted by atomic mass is 10.2. The number of nitrogens with zero attached hydrogens (tertiary/aromatic N) is 1. The van der Waals surface area contributed by atoms with Gasteiger partial charge in [-0.05, 0) is 24.3 Å². The molecule has 2 N–H and O–H groups in total. The molecule has 0 fully saturated rings. The van der Waals surface area contributed by atoms with Gasteiger partial charge in [-0.2, -0.15) is 0 Å². The van der Waals surface area contributed by atoms with Crippen LogP contribution in [0.2, 0.25) is 0 Å². The van der Waals surface area contributed by atoms with E-state index in [1.807, 2.05) is 18.2 Å². The van der Waals surface area contributed by atoms with Gasteiger partial charge >= 0.3 is 0 Å². The van der Waals surface area contributed by atoms with Gasteiger partial charge in [-0.15, -0.1) is 0 Å². The molecule has 0 saturated heterocycles. The summed E-state index contributed by atoms with van der Waals surface area (Å²) in [4.78, 5) is 15.6.